The van der Waals surface area contributed by atoms with Gasteiger partial charge in [0.05, 0.1) is 0 Å². The molecule has 2 heterocycles. The van der Waals surface area contributed by atoms with Crippen molar-refractivity contribution in [3.05, 3.63) is 119 Å². The SMILES string of the molecule is COCOc1ccc(C(c2ccc(OCOC)cc2)c2c(C(=O)NCCc3cccn3C)n(CCN(C)C)c3ccccc23)cc1. The van der Waals surface area contributed by atoms with E-state index in [1.807, 2.05) is 55.7 Å². The van der Waals surface area contributed by atoms with Gasteiger partial charge in [0.1, 0.15) is 17.2 Å². The third-order valence-electron chi connectivity index (χ3n) is 8.12. The number of carbonyl (C=O) groups excluding carboxylic acids is 1. The first kappa shape index (κ1) is 32.8. The summed E-state index contributed by atoms with van der Waals surface area (Å²) in [5.41, 5.74) is 5.88. The Labute approximate surface area is 271 Å². The second kappa shape index (κ2) is 15.6. The van der Waals surface area contributed by atoms with Crippen molar-refractivity contribution in [3.8, 4) is 11.5 Å². The molecule has 0 fully saturated rings. The highest BCUT2D eigenvalue weighted by atomic mass is 16.7. The minimum Gasteiger partial charge on any atom is -0.468 e. The van der Waals surface area contributed by atoms with Gasteiger partial charge in [0, 0.05) is 81.6 Å². The molecule has 1 amide bonds. The molecule has 5 aromatic rings. The molecule has 0 unspecified atom stereocenters. The first-order valence-corrected chi connectivity index (χ1v) is 15.5. The normalized spacial score (nSPS) is 11.5. The first-order valence-electron chi connectivity index (χ1n) is 15.5. The maximum Gasteiger partial charge on any atom is 0.268 e. The highest BCUT2D eigenvalue weighted by molar-refractivity contribution is 6.03. The molecule has 0 saturated heterocycles. The number of amides is 1. The van der Waals surface area contributed by atoms with Crippen molar-refractivity contribution in [2.45, 2.75) is 18.9 Å². The van der Waals surface area contributed by atoms with E-state index in [4.69, 9.17) is 18.9 Å². The number of ether oxygens (including phenoxy) is 4. The monoisotopic (exact) mass is 624 g/mol. The number of para-hydroxylation sites is 1. The zero-order valence-electron chi connectivity index (χ0n) is 27.4. The molecule has 0 atom stereocenters. The fourth-order valence-corrected chi connectivity index (χ4v) is 5.84. The molecule has 0 spiro atoms. The van der Waals surface area contributed by atoms with Gasteiger partial charge in [0.15, 0.2) is 13.6 Å². The van der Waals surface area contributed by atoms with E-state index < -0.39 is 0 Å². The second-order valence-electron chi connectivity index (χ2n) is 11.5. The van der Waals surface area contributed by atoms with Crippen LogP contribution in [0, 0.1) is 0 Å². The summed E-state index contributed by atoms with van der Waals surface area (Å²) in [4.78, 5) is 16.5. The minimum atomic E-state index is -0.257. The number of likely N-dealkylation sites (N-methyl/N-ethyl adjacent to an activating group) is 1. The molecular weight excluding hydrogens is 580 g/mol. The zero-order chi connectivity index (χ0) is 32.5. The molecule has 1 N–H and O–H groups in total. The lowest BCUT2D eigenvalue weighted by atomic mass is 9.83. The number of aryl methyl sites for hydroxylation is 1. The van der Waals surface area contributed by atoms with E-state index in [1.54, 1.807) is 14.2 Å². The second-order valence-corrected chi connectivity index (χ2v) is 11.5. The molecule has 46 heavy (non-hydrogen) atoms. The van der Waals surface area contributed by atoms with Gasteiger partial charge in [-0.3, -0.25) is 4.79 Å². The van der Waals surface area contributed by atoms with Crippen LogP contribution < -0.4 is 14.8 Å². The predicted molar refractivity (Wildman–Crippen MR) is 181 cm³/mol. The number of aromatic nitrogens is 2. The topological polar surface area (TPSA) is 79.1 Å². The van der Waals surface area contributed by atoms with Gasteiger partial charge in [-0.2, -0.15) is 0 Å². The first-order chi connectivity index (χ1) is 22.4. The van der Waals surface area contributed by atoms with Gasteiger partial charge in [0.25, 0.3) is 5.91 Å². The smallest absolute Gasteiger partial charge is 0.268 e. The molecule has 0 bridgehead atoms. The van der Waals surface area contributed by atoms with Crippen molar-refractivity contribution in [3.63, 3.8) is 0 Å². The number of nitrogens with one attached hydrogen (secondary N) is 1. The molecule has 0 radical (unpaired) electrons. The van der Waals surface area contributed by atoms with Crippen LogP contribution in [-0.2, 0) is 29.5 Å². The summed E-state index contributed by atoms with van der Waals surface area (Å²) in [6, 6.07) is 28.5. The lowest BCUT2D eigenvalue weighted by Crippen LogP contribution is -2.31. The quantitative estimate of drug-likeness (QED) is 0.143. The minimum absolute atomic E-state index is 0.0933. The van der Waals surface area contributed by atoms with Crippen LogP contribution >= 0.6 is 0 Å². The van der Waals surface area contributed by atoms with Crippen molar-refractivity contribution in [2.24, 2.45) is 7.05 Å². The maximum atomic E-state index is 14.4. The number of carbonyl (C=O) groups is 1. The molecule has 0 saturated carbocycles. The number of hydrogen-bond acceptors (Lipinski definition) is 6. The van der Waals surface area contributed by atoms with Crippen LogP contribution in [-0.4, -0.2) is 74.9 Å². The molecule has 3 aromatic carbocycles. The molecule has 9 nitrogen and oxygen atoms in total. The van der Waals surface area contributed by atoms with Gasteiger partial charge >= 0.3 is 0 Å². The Bertz CT molecular complexity index is 1650. The molecule has 5 rings (SSSR count). The van der Waals surface area contributed by atoms with Crippen molar-refractivity contribution in [1.82, 2.24) is 19.4 Å². The summed E-state index contributed by atoms with van der Waals surface area (Å²) in [5, 5.41) is 4.30. The summed E-state index contributed by atoms with van der Waals surface area (Å²) in [5.74, 6) is 1.07. The van der Waals surface area contributed by atoms with Gasteiger partial charge in [-0.1, -0.05) is 42.5 Å². The summed E-state index contributed by atoms with van der Waals surface area (Å²) in [7, 11) is 9.33. The van der Waals surface area contributed by atoms with E-state index in [0.29, 0.717) is 30.3 Å². The van der Waals surface area contributed by atoms with Crippen LogP contribution in [0.3, 0.4) is 0 Å². The molecule has 242 valence electrons. The van der Waals surface area contributed by atoms with Gasteiger partial charge in [-0.05, 0) is 67.7 Å². The molecule has 0 aliphatic carbocycles. The van der Waals surface area contributed by atoms with Gasteiger partial charge in [-0.25, -0.2) is 0 Å². The number of hydrogen-bond donors (Lipinski definition) is 1. The number of rotatable bonds is 16. The lowest BCUT2D eigenvalue weighted by Gasteiger charge is -2.22. The Morgan fingerprint density at radius 2 is 1.43 bits per heavy atom. The Morgan fingerprint density at radius 1 is 0.826 bits per heavy atom. The Morgan fingerprint density at radius 3 is 1.98 bits per heavy atom. The van der Waals surface area contributed by atoms with Crippen LogP contribution in [0.1, 0.15) is 38.8 Å². The molecule has 0 aliphatic heterocycles. The van der Waals surface area contributed by atoms with Crippen molar-refractivity contribution >= 4 is 16.8 Å². The molecule has 9 heteroatoms. The Hall–Kier alpha value is -4.57. The van der Waals surface area contributed by atoms with E-state index in [9.17, 15) is 4.79 Å². The lowest BCUT2D eigenvalue weighted by molar-refractivity contribution is 0.0509. The van der Waals surface area contributed by atoms with Gasteiger partial charge < -0.3 is 38.3 Å². The van der Waals surface area contributed by atoms with Crippen molar-refractivity contribution < 1.29 is 23.7 Å². The summed E-state index contributed by atoms with van der Waals surface area (Å²) >= 11 is 0. The zero-order valence-corrected chi connectivity index (χ0v) is 27.4. The fourth-order valence-electron chi connectivity index (χ4n) is 5.84. The molecule has 2 aromatic heterocycles. The highest BCUT2D eigenvalue weighted by Crippen LogP contribution is 2.41. The van der Waals surface area contributed by atoms with Gasteiger partial charge in [0.2, 0.25) is 0 Å². The van der Waals surface area contributed by atoms with E-state index in [2.05, 4.69) is 75.9 Å². The van der Waals surface area contributed by atoms with Crippen molar-refractivity contribution in [2.75, 3.05) is 55.0 Å². The van der Waals surface area contributed by atoms with Gasteiger partial charge in [-0.15, -0.1) is 0 Å². The van der Waals surface area contributed by atoms with E-state index in [-0.39, 0.29) is 25.4 Å². The number of fused-ring (bicyclic) bond motifs is 1. The maximum absolute atomic E-state index is 14.4. The standard InChI is InChI=1S/C37H44N4O5/c1-39(2)23-24-41-33-11-7-6-10-32(33)35(36(41)37(42)38-21-20-29-9-8-22-40(29)3)34(27-12-16-30(17-13-27)45-25-43-4)28-14-18-31(19-15-28)46-26-44-5/h6-19,22,34H,20-21,23-26H2,1-5H3,(H,38,42). The average Bonchev–Trinajstić information content (AvgIpc) is 3.63. The summed E-state index contributed by atoms with van der Waals surface area (Å²) in [6.45, 7) is 2.29. The van der Waals surface area contributed by atoms with Crippen molar-refractivity contribution in [1.29, 1.82) is 0 Å². The molecule has 0 aliphatic rings. The largest absolute Gasteiger partial charge is 0.468 e. The molecular formula is C37H44N4O5. The summed E-state index contributed by atoms with van der Waals surface area (Å²) < 4.78 is 25.9. The number of methoxy groups -OCH3 is 2. The highest BCUT2D eigenvalue weighted by Gasteiger charge is 2.30. The Balaban J connectivity index is 1.65. The predicted octanol–water partition coefficient (Wildman–Crippen LogP) is 5.66. The van der Waals surface area contributed by atoms with Crippen LogP contribution in [0.4, 0.5) is 0 Å². The van der Waals surface area contributed by atoms with Crippen LogP contribution in [0.25, 0.3) is 10.9 Å². The van der Waals surface area contributed by atoms with E-state index in [0.717, 1.165) is 46.3 Å². The van der Waals surface area contributed by atoms with Crippen LogP contribution in [0.15, 0.2) is 91.1 Å². The van der Waals surface area contributed by atoms with Crippen LogP contribution in [0.2, 0.25) is 0 Å². The number of benzene rings is 3. The van der Waals surface area contributed by atoms with E-state index in [1.165, 1.54) is 0 Å². The van der Waals surface area contributed by atoms with Crippen LogP contribution in [0.5, 0.6) is 11.5 Å². The number of nitrogens with zero attached hydrogens (tertiary/aromatic N) is 3. The van der Waals surface area contributed by atoms with E-state index >= 15 is 0 Å². The Kier molecular flexibility index (Phi) is 11.1. The summed E-state index contributed by atoms with van der Waals surface area (Å²) in [6.07, 6.45) is 2.76. The third-order valence-corrected chi connectivity index (χ3v) is 8.12. The fraction of sp³-hybridized carbons (Fsp3) is 0.324. The third kappa shape index (κ3) is 7.62. The average molecular weight is 625 g/mol.